The van der Waals surface area contributed by atoms with Crippen LogP contribution in [0.4, 0.5) is 0 Å². The highest BCUT2D eigenvalue weighted by Gasteiger charge is 2.28. The molecule has 0 radical (unpaired) electrons. The highest BCUT2D eigenvalue weighted by molar-refractivity contribution is 8.00. The van der Waals surface area contributed by atoms with E-state index in [0.29, 0.717) is 25.5 Å². The summed E-state index contributed by atoms with van der Waals surface area (Å²) >= 11 is 1.84. The molecule has 0 aliphatic rings. The molecular weight excluding hydrogens is 554 g/mol. The molecule has 0 spiro atoms. The lowest BCUT2D eigenvalue weighted by molar-refractivity contribution is -0.114. The lowest BCUT2D eigenvalue weighted by Crippen LogP contribution is -2.20. The Morgan fingerprint density at radius 3 is 2.30 bits per heavy atom. The molecule has 0 atom stereocenters. The molecule has 222 valence electrons. The molecule has 43 heavy (non-hydrogen) atoms. The van der Waals surface area contributed by atoms with Gasteiger partial charge >= 0.3 is 0 Å². The van der Waals surface area contributed by atoms with E-state index in [9.17, 15) is 4.79 Å². The van der Waals surface area contributed by atoms with Crippen LogP contribution in [0.5, 0.6) is 11.6 Å². The lowest BCUT2D eigenvalue weighted by atomic mass is 9.89. The first-order valence-corrected chi connectivity index (χ1v) is 15.3. The number of fused-ring (bicyclic) bond motifs is 1. The van der Waals surface area contributed by atoms with Crippen molar-refractivity contribution in [2.75, 3.05) is 7.11 Å². The lowest BCUT2D eigenvalue weighted by Gasteiger charge is -2.23. The van der Waals surface area contributed by atoms with Gasteiger partial charge in [0.15, 0.2) is 0 Å². The van der Waals surface area contributed by atoms with Gasteiger partial charge in [-0.3, -0.25) is 4.98 Å². The van der Waals surface area contributed by atoms with Crippen LogP contribution in [-0.2, 0) is 24.4 Å². The van der Waals surface area contributed by atoms with Crippen LogP contribution in [0.2, 0.25) is 0 Å². The maximum atomic E-state index is 12.1. The number of hydrogen-bond acceptors (Lipinski definition) is 6. The van der Waals surface area contributed by atoms with Gasteiger partial charge in [-0.2, -0.15) is 0 Å². The number of rotatable bonds is 11. The van der Waals surface area contributed by atoms with Gasteiger partial charge in [0.05, 0.1) is 12.8 Å². The van der Waals surface area contributed by atoms with Crippen molar-refractivity contribution in [2.24, 2.45) is 5.41 Å². The number of ether oxygens (including phenoxy) is 2. The number of aldehydes is 1. The SMILES string of the molecule is COc1ccc(-c2ccc(Cn3c(CC(C)(C)C=O)c(SC(C)(C)C)c4cc(OCc5ccccn5)ccc43)cc2)cn1. The Kier molecular flexibility index (Phi) is 8.92. The number of aromatic nitrogens is 3. The number of carbonyl (C=O) groups excluding carboxylic acids is 1. The molecule has 0 saturated carbocycles. The summed E-state index contributed by atoms with van der Waals surface area (Å²) in [5, 5.41) is 1.14. The van der Waals surface area contributed by atoms with Crippen LogP contribution in [0, 0.1) is 5.41 Å². The minimum atomic E-state index is -0.511. The van der Waals surface area contributed by atoms with Gasteiger partial charge in [-0.15, -0.1) is 11.8 Å². The van der Waals surface area contributed by atoms with Crippen molar-refractivity contribution in [3.63, 3.8) is 0 Å². The molecular formula is C36H39N3O3S. The zero-order valence-corrected chi connectivity index (χ0v) is 26.6. The summed E-state index contributed by atoms with van der Waals surface area (Å²) in [6.45, 7) is 11.8. The summed E-state index contributed by atoms with van der Waals surface area (Å²) < 4.78 is 13.7. The standard InChI is InChI=1S/C36H39N3O3S/c1-35(2,3)43-34-30-19-29(42-23-28-9-7-8-18-37-28)15-16-31(30)39(32(34)20-36(4,5)24-40)22-25-10-12-26(13-11-25)27-14-17-33(41-6)38-21-27/h7-19,21,24H,20,22-23H2,1-6H3. The zero-order chi connectivity index (χ0) is 30.6. The molecule has 3 aromatic heterocycles. The summed E-state index contributed by atoms with van der Waals surface area (Å²) in [5.41, 5.74) is 5.96. The van der Waals surface area contributed by atoms with Crippen LogP contribution in [-0.4, -0.2) is 32.7 Å². The molecule has 0 fully saturated rings. The highest BCUT2D eigenvalue weighted by atomic mass is 32.2. The second kappa shape index (κ2) is 12.6. The fourth-order valence-corrected chi connectivity index (χ4v) is 6.18. The minimum Gasteiger partial charge on any atom is -0.487 e. The molecule has 2 aromatic carbocycles. The number of methoxy groups -OCH3 is 1. The molecule has 0 amide bonds. The molecule has 6 nitrogen and oxygen atoms in total. The average Bonchev–Trinajstić information content (AvgIpc) is 3.26. The molecule has 0 N–H and O–H groups in total. The van der Waals surface area contributed by atoms with Crippen LogP contribution < -0.4 is 9.47 Å². The summed E-state index contributed by atoms with van der Waals surface area (Å²) in [6.07, 6.45) is 5.31. The smallest absolute Gasteiger partial charge is 0.212 e. The fourth-order valence-electron chi connectivity index (χ4n) is 4.99. The van der Waals surface area contributed by atoms with Crippen molar-refractivity contribution in [1.82, 2.24) is 14.5 Å². The van der Waals surface area contributed by atoms with E-state index in [4.69, 9.17) is 9.47 Å². The molecule has 7 heteroatoms. The van der Waals surface area contributed by atoms with Crippen molar-refractivity contribution >= 4 is 29.0 Å². The normalized spacial score (nSPS) is 12.0. The molecule has 5 rings (SSSR count). The van der Waals surface area contributed by atoms with E-state index in [1.165, 1.54) is 10.5 Å². The van der Waals surface area contributed by atoms with E-state index in [1.54, 1.807) is 13.3 Å². The van der Waals surface area contributed by atoms with Gasteiger partial charge in [-0.1, -0.05) is 65.0 Å². The largest absolute Gasteiger partial charge is 0.487 e. The maximum Gasteiger partial charge on any atom is 0.212 e. The van der Waals surface area contributed by atoms with Gasteiger partial charge in [0.2, 0.25) is 5.88 Å². The van der Waals surface area contributed by atoms with Crippen molar-refractivity contribution in [2.45, 2.75) is 63.8 Å². The van der Waals surface area contributed by atoms with Gasteiger partial charge < -0.3 is 18.8 Å². The number of benzene rings is 2. The van der Waals surface area contributed by atoms with Gasteiger partial charge in [-0.25, -0.2) is 4.98 Å². The summed E-state index contributed by atoms with van der Waals surface area (Å²) in [5.74, 6) is 1.39. The van der Waals surface area contributed by atoms with Gasteiger partial charge in [0, 0.05) is 68.6 Å². The van der Waals surface area contributed by atoms with Crippen molar-refractivity contribution in [3.8, 4) is 22.8 Å². The Hall–Kier alpha value is -4.10. The van der Waals surface area contributed by atoms with E-state index in [-0.39, 0.29) is 4.75 Å². The predicted octanol–water partition coefficient (Wildman–Crippen LogP) is 8.39. The monoisotopic (exact) mass is 593 g/mol. The third-order valence-electron chi connectivity index (χ3n) is 7.13. The quantitative estimate of drug-likeness (QED) is 0.113. The Morgan fingerprint density at radius 1 is 0.907 bits per heavy atom. The number of thioether (sulfide) groups is 1. The van der Waals surface area contributed by atoms with E-state index >= 15 is 0 Å². The average molecular weight is 594 g/mol. The number of hydrogen-bond donors (Lipinski definition) is 0. The zero-order valence-electron chi connectivity index (χ0n) is 25.8. The summed E-state index contributed by atoms with van der Waals surface area (Å²) in [7, 11) is 1.62. The van der Waals surface area contributed by atoms with Crippen molar-refractivity contribution < 1.29 is 14.3 Å². The Morgan fingerprint density at radius 2 is 1.67 bits per heavy atom. The topological polar surface area (TPSA) is 66.2 Å². The van der Waals surface area contributed by atoms with E-state index in [0.717, 1.165) is 45.5 Å². The Labute approximate surface area is 258 Å². The van der Waals surface area contributed by atoms with Crippen LogP contribution in [0.15, 0.2) is 90.1 Å². The molecule has 0 saturated heterocycles. The fraction of sp³-hybridized carbons (Fsp3) is 0.306. The van der Waals surface area contributed by atoms with E-state index in [1.807, 2.05) is 68.2 Å². The van der Waals surface area contributed by atoms with Crippen molar-refractivity contribution in [3.05, 3.63) is 102 Å². The van der Waals surface area contributed by atoms with Crippen molar-refractivity contribution in [1.29, 1.82) is 0 Å². The highest BCUT2D eigenvalue weighted by Crippen LogP contribution is 2.44. The predicted molar refractivity (Wildman–Crippen MR) is 175 cm³/mol. The van der Waals surface area contributed by atoms with E-state index in [2.05, 4.69) is 71.7 Å². The molecule has 0 unspecified atom stereocenters. The summed E-state index contributed by atoms with van der Waals surface area (Å²) in [6, 6.07) is 24.6. The minimum absolute atomic E-state index is 0.0297. The Balaban J connectivity index is 1.55. The summed E-state index contributed by atoms with van der Waals surface area (Å²) in [4.78, 5) is 22.1. The first kappa shape index (κ1) is 30.4. The van der Waals surface area contributed by atoms with Crippen LogP contribution in [0.25, 0.3) is 22.0 Å². The van der Waals surface area contributed by atoms with Gasteiger partial charge in [-0.05, 0) is 47.5 Å². The van der Waals surface area contributed by atoms with E-state index < -0.39 is 5.41 Å². The maximum absolute atomic E-state index is 12.1. The first-order valence-electron chi connectivity index (χ1n) is 14.5. The number of pyridine rings is 2. The number of carbonyl (C=O) groups is 1. The second-order valence-electron chi connectivity index (χ2n) is 12.4. The third kappa shape index (κ3) is 7.46. The Bertz CT molecular complexity index is 1690. The molecule has 0 bridgehead atoms. The molecule has 0 aliphatic heterocycles. The first-order chi connectivity index (χ1) is 20.5. The molecule has 5 aromatic rings. The molecule has 3 heterocycles. The van der Waals surface area contributed by atoms with Crippen LogP contribution >= 0.6 is 11.8 Å². The van der Waals surface area contributed by atoms with Crippen LogP contribution in [0.3, 0.4) is 0 Å². The van der Waals surface area contributed by atoms with Gasteiger partial charge in [0.25, 0.3) is 0 Å². The van der Waals surface area contributed by atoms with Crippen LogP contribution in [0.1, 0.15) is 51.6 Å². The number of nitrogens with zero attached hydrogens (tertiary/aromatic N) is 3. The molecule has 0 aliphatic carbocycles. The second-order valence-corrected chi connectivity index (χ2v) is 14.3. The van der Waals surface area contributed by atoms with Gasteiger partial charge in [0.1, 0.15) is 18.6 Å². The third-order valence-corrected chi connectivity index (χ3v) is 8.40.